The number of aliphatic hydroxyl groups is 1. The van der Waals surface area contributed by atoms with E-state index in [9.17, 15) is 4.79 Å². The van der Waals surface area contributed by atoms with E-state index in [1.807, 2.05) is 13.0 Å². The van der Waals surface area contributed by atoms with Gasteiger partial charge in [-0.3, -0.25) is 4.79 Å². The summed E-state index contributed by atoms with van der Waals surface area (Å²) in [5, 5.41) is 13.1. The van der Waals surface area contributed by atoms with Gasteiger partial charge in [-0.1, -0.05) is 44.5 Å². The molecule has 5 nitrogen and oxygen atoms in total. The van der Waals surface area contributed by atoms with Crippen molar-refractivity contribution in [2.45, 2.75) is 79.1 Å². The zero-order valence-electron chi connectivity index (χ0n) is 19.2. The Morgan fingerprint density at radius 2 is 2.03 bits per heavy atom. The fourth-order valence-electron chi connectivity index (χ4n) is 3.90. The van der Waals surface area contributed by atoms with Gasteiger partial charge in [0.05, 0.1) is 12.3 Å². The van der Waals surface area contributed by atoms with Crippen LogP contribution in [0.1, 0.15) is 77.7 Å². The summed E-state index contributed by atoms with van der Waals surface area (Å²) in [6.45, 7) is 9.14. The molecule has 0 saturated heterocycles. The minimum Gasteiger partial charge on any atom is -0.497 e. The van der Waals surface area contributed by atoms with Gasteiger partial charge in [-0.15, -0.1) is 0 Å². The molecule has 0 spiro atoms. The number of Topliss-reactive ketones (excluding diaryl/α,β-unsaturated/α-hetero) is 1. The molecule has 5 heteroatoms. The number of aromatic nitrogens is 1. The normalized spacial score (nSPS) is 19.6. The van der Waals surface area contributed by atoms with Crippen molar-refractivity contribution >= 4 is 5.78 Å². The largest absolute Gasteiger partial charge is 0.497 e. The van der Waals surface area contributed by atoms with E-state index >= 15 is 0 Å². The summed E-state index contributed by atoms with van der Waals surface area (Å²) in [5.74, 6) is 2.08. The van der Waals surface area contributed by atoms with Gasteiger partial charge in [-0.2, -0.15) is 0 Å². The van der Waals surface area contributed by atoms with Crippen LogP contribution in [0.2, 0.25) is 0 Å². The number of nitrogens with zero attached hydrogens (tertiary/aromatic N) is 1. The Hall–Kier alpha value is -1.88. The lowest BCUT2D eigenvalue weighted by Crippen LogP contribution is -2.21. The first-order valence-electron chi connectivity index (χ1n) is 11.6. The van der Waals surface area contributed by atoms with Gasteiger partial charge in [0, 0.05) is 36.5 Å². The molecule has 1 heterocycles. The van der Waals surface area contributed by atoms with Gasteiger partial charge in [0.25, 0.3) is 0 Å². The van der Waals surface area contributed by atoms with E-state index in [1.54, 1.807) is 0 Å². The predicted molar refractivity (Wildman–Crippen MR) is 119 cm³/mol. The summed E-state index contributed by atoms with van der Waals surface area (Å²) in [6, 6.07) is 2.01. The van der Waals surface area contributed by atoms with Crippen molar-refractivity contribution in [3.05, 3.63) is 41.0 Å². The lowest BCUT2D eigenvalue weighted by molar-refractivity contribution is -0.119. The SMILES string of the molecule is CCCCc1cc(C[C@@H]2C(=O)C(C)=C(OCC(C)C)[C@H]2C/C=C\CCCCO)on1. The van der Waals surface area contributed by atoms with Crippen LogP contribution in [0.5, 0.6) is 0 Å². The number of carbonyl (C=O) groups is 1. The number of aryl methyl sites for hydroxylation is 1. The topological polar surface area (TPSA) is 72.6 Å². The highest BCUT2D eigenvalue weighted by atomic mass is 16.5. The number of carbonyl (C=O) groups excluding carboxylic acids is 1. The molecule has 0 radical (unpaired) electrons. The number of hydrogen-bond acceptors (Lipinski definition) is 5. The van der Waals surface area contributed by atoms with Crippen LogP contribution in [0.4, 0.5) is 0 Å². The first-order valence-corrected chi connectivity index (χ1v) is 11.6. The highest BCUT2D eigenvalue weighted by Gasteiger charge is 2.41. The number of aliphatic hydroxyl groups excluding tert-OH is 1. The van der Waals surface area contributed by atoms with Crippen molar-refractivity contribution in [3.63, 3.8) is 0 Å². The molecule has 1 N–H and O–H groups in total. The predicted octanol–water partition coefficient (Wildman–Crippen LogP) is 5.43. The summed E-state index contributed by atoms with van der Waals surface area (Å²) in [4.78, 5) is 13.1. The van der Waals surface area contributed by atoms with Gasteiger partial charge in [0.2, 0.25) is 0 Å². The van der Waals surface area contributed by atoms with Gasteiger partial charge in [0.15, 0.2) is 5.78 Å². The molecule has 0 aliphatic heterocycles. The van der Waals surface area contributed by atoms with Crippen LogP contribution in [-0.2, 0) is 22.4 Å². The molecule has 0 amide bonds. The van der Waals surface area contributed by atoms with Crippen LogP contribution in [0, 0.1) is 17.8 Å². The molecular formula is C25H39NO4. The van der Waals surface area contributed by atoms with E-state index in [2.05, 4.69) is 38.1 Å². The van der Waals surface area contributed by atoms with Crippen LogP contribution >= 0.6 is 0 Å². The lowest BCUT2D eigenvalue weighted by Gasteiger charge is -2.21. The minimum absolute atomic E-state index is 0.0366. The monoisotopic (exact) mass is 417 g/mol. The lowest BCUT2D eigenvalue weighted by atomic mass is 9.87. The van der Waals surface area contributed by atoms with E-state index in [4.69, 9.17) is 14.4 Å². The van der Waals surface area contributed by atoms with Crippen molar-refractivity contribution < 1.29 is 19.2 Å². The molecule has 0 unspecified atom stereocenters. The Balaban J connectivity index is 2.10. The smallest absolute Gasteiger partial charge is 0.166 e. The fourth-order valence-corrected chi connectivity index (χ4v) is 3.90. The second-order valence-electron chi connectivity index (χ2n) is 8.79. The second-order valence-corrected chi connectivity index (χ2v) is 8.79. The van der Waals surface area contributed by atoms with Crippen molar-refractivity contribution in [1.29, 1.82) is 0 Å². The first kappa shape index (κ1) is 24.4. The van der Waals surface area contributed by atoms with Gasteiger partial charge < -0.3 is 14.4 Å². The highest BCUT2D eigenvalue weighted by molar-refractivity contribution is 6.00. The molecule has 1 aliphatic carbocycles. The number of unbranched alkanes of at least 4 members (excludes halogenated alkanes) is 3. The zero-order chi connectivity index (χ0) is 21.9. The quantitative estimate of drug-likeness (QED) is 0.323. The number of ether oxygens (including phenoxy) is 1. The summed E-state index contributed by atoms with van der Waals surface area (Å²) < 4.78 is 11.7. The van der Waals surface area contributed by atoms with E-state index < -0.39 is 0 Å². The third-order valence-corrected chi connectivity index (χ3v) is 5.62. The Morgan fingerprint density at radius 3 is 2.73 bits per heavy atom. The maximum atomic E-state index is 13.1. The molecule has 2 atom stereocenters. The van der Waals surface area contributed by atoms with Crippen molar-refractivity contribution in [3.8, 4) is 0 Å². The number of hydrogen-bond donors (Lipinski definition) is 1. The van der Waals surface area contributed by atoms with Crippen LogP contribution < -0.4 is 0 Å². The van der Waals surface area contributed by atoms with Gasteiger partial charge >= 0.3 is 0 Å². The number of ketones is 1. The van der Waals surface area contributed by atoms with Crippen LogP contribution in [-0.4, -0.2) is 29.3 Å². The minimum atomic E-state index is -0.166. The average Bonchev–Trinajstić information content (AvgIpc) is 3.26. The molecule has 2 rings (SSSR count). The fraction of sp³-hybridized carbons (Fsp3) is 0.680. The third kappa shape index (κ3) is 7.12. The highest BCUT2D eigenvalue weighted by Crippen LogP contribution is 2.40. The molecule has 1 aromatic heterocycles. The Kier molecular flexibility index (Phi) is 10.4. The van der Waals surface area contributed by atoms with Crippen LogP contribution in [0.15, 0.2) is 34.1 Å². The molecule has 0 aromatic carbocycles. The Bertz CT molecular complexity index is 716. The van der Waals surface area contributed by atoms with E-state index in [-0.39, 0.29) is 24.2 Å². The first-order chi connectivity index (χ1) is 14.5. The molecule has 0 saturated carbocycles. The molecule has 0 fully saturated rings. The van der Waals surface area contributed by atoms with Crippen molar-refractivity contribution in [2.75, 3.05) is 13.2 Å². The van der Waals surface area contributed by atoms with E-state index in [0.717, 1.165) is 67.7 Å². The van der Waals surface area contributed by atoms with E-state index in [1.165, 1.54) is 0 Å². The summed E-state index contributed by atoms with van der Waals surface area (Å²) >= 11 is 0. The standard InChI is InChI=1S/C25H39NO4/c1-5-6-12-20-15-21(30-26-20)16-23-22(13-10-8-7-9-11-14-27)25(19(4)24(23)28)29-17-18(2)3/h8,10,15,18,22-23,27H,5-7,9,11-14,16-17H2,1-4H3/b10-8-/t22-,23-/m0/s1. The second kappa shape index (κ2) is 12.7. The zero-order valence-corrected chi connectivity index (χ0v) is 19.2. The van der Waals surface area contributed by atoms with Crippen molar-refractivity contribution in [1.82, 2.24) is 5.16 Å². The number of rotatable bonds is 14. The van der Waals surface area contributed by atoms with Crippen molar-refractivity contribution in [2.24, 2.45) is 17.8 Å². The van der Waals surface area contributed by atoms with E-state index in [0.29, 0.717) is 18.9 Å². The third-order valence-electron chi connectivity index (χ3n) is 5.62. The Labute approximate surface area is 181 Å². The van der Waals surface area contributed by atoms with Gasteiger partial charge in [0.1, 0.15) is 11.5 Å². The average molecular weight is 418 g/mol. The molecule has 0 bridgehead atoms. The van der Waals surface area contributed by atoms with Crippen LogP contribution in [0.3, 0.4) is 0 Å². The van der Waals surface area contributed by atoms with Crippen LogP contribution in [0.25, 0.3) is 0 Å². The maximum Gasteiger partial charge on any atom is 0.166 e. The van der Waals surface area contributed by atoms with Gasteiger partial charge in [-0.25, -0.2) is 0 Å². The molecule has 1 aliphatic rings. The molecular weight excluding hydrogens is 378 g/mol. The Morgan fingerprint density at radius 1 is 1.23 bits per heavy atom. The summed E-state index contributed by atoms with van der Waals surface area (Å²) in [6.07, 6.45) is 11.5. The molecule has 30 heavy (non-hydrogen) atoms. The summed E-state index contributed by atoms with van der Waals surface area (Å²) in [5.41, 5.74) is 1.73. The maximum absolute atomic E-state index is 13.1. The molecule has 168 valence electrons. The summed E-state index contributed by atoms with van der Waals surface area (Å²) in [7, 11) is 0. The molecule has 1 aromatic rings. The van der Waals surface area contributed by atoms with Gasteiger partial charge in [-0.05, 0) is 51.4 Å². The number of allylic oxidation sites excluding steroid dienone is 4.